The summed E-state index contributed by atoms with van der Waals surface area (Å²) >= 11 is 0. The predicted octanol–water partition coefficient (Wildman–Crippen LogP) is 4.54. The number of nitrogens with zero attached hydrogens (tertiary/aromatic N) is 3. The van der Waals surface area contributed by atoms with Gasteiger partial charge in [-0.2, -0.15) is 0 Å². The second-order valence-corrected chi connectivity index (χ2v) is 7.45. The van der Waals surface area contributed by atoms with Crippen LogP contribution in [0.1, 0.15) is 22.3 Å². The molecule has 5 nitrogen and oxygen atoms in total. The van der Waals surface area contributed by atoms with Gasteiger partial charge in [0.25, 0.3) is 0 Å². The lowest BCUT2D eigenvalue weighted by molar-refractivity contribution is 0.112. The maximum Gasteiger partial charge on any atom is 0.156 e. The second kappa shape index (κ2) is 9.34. The van der Waals surface area contributed by atoms with E-state index in [0.717, 1.165) is 54.0 Å². The molecule has 0 saturated heterocycles. The molecule has 1 heterocycles. The van der Waals surface area contributed by atoms with Crippen LogP contribution in [0, 0.1) is 6.92 Å². The van der Waals surface area contributed by atoms with E-state index < -0.39 is 0 Å². The fourth-order valence-corrected chi connectivity index (χ4v) is 3.47. The van der Waals surface area contributed by atoms with Crippen molar-refractivity contribution >= 4 is 23.5 Å². The van der Waals surface area contributed by atoms with Gasteiger partial charge in [0.2, 0.25) is 0 Å². The summed E-state index contributed by atoms with van der Waals surface area (Å²) in [6.07, 6.45) is 3.62. The highest BCUT2D eigenvalue weighted by Crippen LogP contribution is 2.38. The SMILES string of the molecule is Cc1ccc(N(CCCN(C)C)c2ncccc2N)c(-c2ccccc2C=O)c1. The van der Waals surface area contributed by atoms with Gasteiger partial charge in [-0.25, -0.2) is 4.98 Å². The quantitative estimate of drug-likeness (QED) is 0.574. The first-order chi connectivity index (χ1) is 14.0. The number of aryl methyl sites for hydroxylation is 1. The molecule has 2 N–H and O–H groups in total. The molecule has 2 aromatic carbocycles. The summed E-state index contributed by atoms with van der Waals surface area (Å²) < 4.78 is 0. The van der Waals surface area contributed by atoms with Crippen molar-refractivity contribution in [3.8, 4) is 11.1 Å². The highest BCUT2D eigenvalue weighted by Gasteiger charge is 2.19. The first-order valence-electron chi connectivity index (χ1n) is 9.79. The zero-order valence-corrected chi connectivity index (χ0v) is 17.3. The van der Waals surface area contributed by atoms with Gasteiger partial charge < -0.3 is 15.5 Å². The Labute approximate surface area is 172 Å². The lowest BCUT2D eigenvalue weighted by Crippen LogP contribution is -2.25. The Balaban J connectivity index is 2.15. The predicted molar refractivity (Wildman–Crippen MR) is 121 cm³/mol. The van der Waals surface area contributed by atoms with E-state index in [-0.39, 0.29) is 0 Å². The summed E-state index contributed by atoms with van der Waals surface area (Å²) in [6, 6.07) is 17.7. The van der Waals surface area contributed by atoms with Crippen LogP contribution in [-0.2, 0) is 0 Å². The Bertz CT molecular complexity index is 984. The van der Waals surface area contributed by atoms with Crippen LogP contribution >= 0.6 is 0 Å². The highest BCUT2D eigenvalue weighted by atomic mass is 16.1. The number of carbonyl (C=O) groups is 1. The number of nitrogens with two attached hydrogens (primary N) is 1. The fraction of sp³-hybridized carbons (Fsp3) is 0.250. The molecular weight excluding hydrogens is 360 g/mol. The van der Waals surface area contributed by atoms with Crippen molar-refractivity contribution in [3.63, 3.8) is 0 Å². The van der Waals surface area contributed by atoms with Crippen molar-refractivity contribution in [1.29, 1.82) is 0 Å². The molecule has 0 bridgehead atoms. The van der Waals surface area contributed by atoms with Gasteiger partial charge in [-0.3, -0.25) is 4.79 Å². The number of hydrogen-bond donors (Lipinski definition) is 1. The maximum absolute atomic E-state index is 11.7. The number of anilines is 3. The second-order valence-electron chi connectivity index (χ2n) is 7.45. The van der Waals surface area contributed by atoms with Gasteiger partial charge in [-0.05, 0) is 63.8 Å². The molecule has 0 unspecified atom stereocenters. The third-order valence-electron chi connectivity index (χ3n) is 4.88. The number of pyridine rings is 1. The van der Waals surface area contributed by atoms with E-state index in [9.17, 15) is 4.79 Å². The number of nitrogen functional groups attached to an aromatic ring is 1. The first kappa shape index (κ1) is 20.6. The van der Waals surface area contributed by atoms with Gasteiger partial charge in [0.1, 0.15) is 0 Å². The third-order valence-corrected chi connectivity index (χ3v) is 4.88. The van der Waals surface area contributed by atoms with Crippen molar-refractivity contribution in [2.45, 2.75) is 13.3 Å². The van der Waals surface area contributed by atoms with Crippen LogP contribution in [0.4, 0.5) is 17.2 Å². The fourth-order valence-electron chi connectivity index (χ4n) is 3.47. The van der Waals surface area contributed by atoms with Gasteiger partial charge in [0.15, 0.2) is 12.1 Å². The van der Waals surface area contributed by atoms with Crippen molar-refractivity contribution in [2.24, 2.45) is 0 Å². The molecular formula is C24H28N4O. The molecule has 29 heavy (non-hydrogen) atoms. The topological polar surface area (TPSA) is 62.5 Å². The highest BCUT2D eigenvalue weighted by molar-refractivity contribution is 5.93. The van der Waals surface area contributed by atoms with Crippen LogP contribution in [0.3, 0.4) is 0 Å². The first-order valence-corrected chi connectivity index (χ1v) is 9.79. The summed E-state index contributed by atoms with van der Waals surface area (Å²) in [5, 5.41) is 0. The third kappa shape index (κ3) is 4.81. The molecule has 0 saturated carbocycles. The molecule has 3 aromatic rings. The van der Waals surface area contributed by atoms with Crippen LogP contribution in [0.25, 0.3) is 11.1 Å². The molecule has 0 atom stereocenters. The smallest absolute Gasteiger partial charge is 0.156 e. The number of hydrogen-bond acceptors (Lipinski definition) is 5. The molecule has 0 aliphatic rings. The number of carbonyl (C=O) groups excluding carboxylic acids is 1. The van der Waals surface area contributed by atoms with E-state index in [1.807, 2.05) is 36.4 Å². The normalized spacial score (nSPS) is 10.9. The molecule has 0 radical (unpaired) electrons. The molecule has 1 aromatic heterocycles. The summed E-state index contributed by atoms with van der Waals surface area (Å²) in [4.78, 5) is 20.6. The van der Waals surface area contributed by atoms with Crippen molar-refractivity contribution in [3.05, 3.63) is 71.9 Å². The Kier molecular flexibility index (Phi) is 6.62. The van der Waals surface area contributed by atoms with E-state index in [0.29, 0.717) is 11.3 Å². The minimum absolute atomic E-state index is 0.632. The zero-order chi connectivity index (χ0) is 20.8. The Morgan fingerprint density at radius 2 is 1.79 bits per heavy atom. The number of aldehydes is 1. The molecule has 0 amide bonds. The van der Waals surface area contributed by atoms with Gasteiger partial charge >= 0.3 is 0 Å². The lowest BCUT2D eigenvalue weighted by Gasteiger charge is -2.28. The molecule has 0 fully saturated rings. The van der Waals surface area contributed by atoms with Crippen molar-refractivity contribution in [1.82, 2.24) is 9.88 Å². The Morgan fingerprint density at radius 1 is 1.00 bits per heavy atom. The van der Waals surface area contributed by atoms with Gasteiger partial charge in [-0.1, -0.05) is 35.9 Å². The summed E-state index contributed by atoms with van der Waals surface area (Å²) in [5.41, 5.74) is 11.6. The lowest BCUT2D eigenvalue weighted by atomic mass is 9.96. The van der Waals surface area contributed by atoms with E-state index in [1.54, 1.807) is 6.20 Å². The van der Waals surface area contributed by atoms with Gasteiger partial charge in [0.05, 0.1) is 11.4 Å². The molecule has 0 spiro atoms. The molecule has 5 heteroatoms. The van der Waals surface area contributed by atoms with E-state index in [2.05, 4.69) is 54.0 Å². The van der Waals surface area contributed by atoms with Crippen molar-refractivity contribution in [2.75, 3.05) is 37.8 Å². The van der Waals surface area contributed by atoms with E-state index in [4.69, 9.17) is 5.73 Å². The average Bonchev–Trinajstić information content (AvgIpc) is 2.72. The molecule has 3 rings (SSSR count). The maximum atomic E-state index is 11.7. The standard InChI is InChI=1S/C24H28N4O/c1-18-11-12-23(21(16-18)20-9-5-4-8-19(20)17-29)28(15-7-14-27(2)3)24-22(25)10-6-13-26-24/h4-6,8-13,16-17H,7,14-15,25H2,1-3H3. The largest absolute Gasteiger partial charge is 0.396 e. The number of rotatable bonds is 8. The van der Waals surface area contributed by atoms with Gasteiger partial charge in [-0.15, -0.1) is 0 Å². The van der Waals surface area contributed by atoms with Crippen molar-refractivity contribution < 1.29 is 4.79 Å². The number of aromatic nitrogens is 1. The molecule has 0 aliphatic carbocycles. The Morgan fingerprint density at radius 3 is 2.52 bits per heavy atom. The monoisotopic (exact) mass is 388 g/mol. The van der Waals surface area contributed by atoms with E-state index in [1.165, 1.54) is 0 Å². The summed E-state index contributed by atoms with van der Waals surface area (Å²) in [6.45, 7) is 3.77. The summed E-state index contributed by atoms with van der Waals surface area (Å²) in [5.74, 6) is 0.736. The van der Waals surface area contributed by atoms with Gasteiger partial charge in [0, 0.05) is 23.9 Å². The minimum Gasteiger partial charge on any atom is -0.396 e. The minimum atomic E-state index is 0.632. The van der Waals surface area contributed by atoms with Crippen LogP contribution in [-0.4, -0.2) is 43.4 Å². The number of benzene rings is 2. The Hall–Kier alpha value is -3.18. The average molecular weight is 389 g/mol. The van der Waals surface area contributed by atoms with Crippen LogP contribution in [0.15, 0.2) is 60.8 Å². The molecule has 0 aliphatic heterocycles. The zero-order valence-electron chi connectivity index (χ0n) is 17.3. The van der Waals surface area contributed by atoms with E-state index >= 15 is 0 Å². The van der Waals surface area contributed by atoms with Crippen LogP contribution in [0.2, 0.25) is 0 Å². The molecule has 150 valence electrons. The van der Waals surface area contributed by atoms with Crippen LogP contribution in [0.5, 0.6) is 0 Å². The summed E-state index contributed by atoms with van der Waals surface area (Å²) in [7, 11) is 4.13. The van der Waals surface area contributed by atoms with Crippen LogP contribution < -0.4 is 10.6 Å².